The van der Waals surface area contributed by atoms with E-state index >= 15 is 0 Å². The average molecular weight is 277 g/mol. The molecule has 0 aromatic heterocycles. The number of ether oxygens (including phenoxy) is 1. The summed E-state index contributed by atoms with van der Waals surface area (Å²) in [4.78, 5) is 0. The summed E-state index contributed by atoms with van der Waals surface area (Å²) in [6.45, 7) is 0.0890. The molecule has 0 bridgehead atoms. The highest BCUT2D eigenvalue weighted by Gasteiger charge is 2.30. The molecule has 0 saturated carbocycles. The number of para-hydroxylation sites is 1. The lowest BCUT2D eigenvalue weighted by Gasteiger charge is -2.25. The lowest BCUT2D eigenvalue weighted by Crippen LogP contribution is -2.27. The molecule has 1 aliphatic heterocycles. The summed E-state index contributed by atoms with van der Waals surface area (Å²) >= 11 is 0. The van der Waals surface area contributed by atoms with Crippen LogP contribution in [0, 0.1) is 5.82 Å². The van der Waals surface area contributed by atoms with Crippen molar-refractivity contribution in [3.05, 3.63) is 29.6 Å². The molecule has 19 heavy (non-hydrogen) atoms. The minimum absolute atomic E-state index is 0.0418. The Morgan fingerprint density at radius 1 is 1.21 bits per heavy atom. The Bertz CT molecular complexity index is 427. The van der Waals surface area contributed by atoms with Gasteiger partial charge in [0.05, 0.1) is 0 Å². The van der Waals surface area contributed by atoms with Crippen LogP contribution in [0.2, 0.25) is 0 Å². The predicted molar refractivity (Wildman–Crippen MR) is 62.8 cm³/mol. The molecule has 1 saturated heterocycles. The zero-order valence-corrected chi connectivity index (χ0v) is 10.3. The largest absolute Gasteiger partial charge is 0.481 e. The summed E-state index contributed by atoms with van der Waals surface area (Å²) in [6, 6.07) is 4.27. The quantitative estimate of drug-likeness (QED) is 0.856. The summed E-state index contributed by atoms with van der Waals surface area (Å²) < 4.78 is 54.9. The van der Waals surface area contributed by atoms with Gasteiger partial charge in [-0.3, -0.25) is 0 Å². The van der Waals surface area contributed by atoms with E-state index in [0.29, 0.717) is 5.56 Å². The molecule has 1 N–H and O–H groups in total. The smallest absolute Gasteiger partial charge is 0.422 e. The van der Waals surface area contributed by atoms with Gasteiger partial charge in [-0.2, -0.15) is 13.2 Å². The van der Waals surface area contributed by atoms with E-state index in [-0.39, 0.29) is 11.7 Å². The first-order valence-electron chi connectivity index (χ1n) is 6.16. The fraction of sp³-hybridized carbons (Fsp3) is 0.538. The van der Waals surface area contributed by atoms with Crippen molar-refractivity contribution in [1.82, 2.24) is 5.32 Å². The monoisotopic (exact) mass is 277 g/mol. The highest BCUT2D eigenvalue weighted by molar-refractivity contribution is 5.38. The van der Waals surface area contributed by atoms with Gasteiger partial charge in [0.25, 0.3) is 0 Å². The minimum atomic E-state index is -4.46. The maximum atomic E-state index is 13.7. The van der Waals surface area contributed by atoms with Gasteiger partial charge in [0.15, 0.2) is 18.2 Å². The molecule has 0 aliphatic carbocycles. The topological polar surface area (TPSA) is 21.3 Å². The van der Waals surface area contributed by atoms with Gasteiger partial charge in [-0.15, -0.1) is 0 Å². The molecule has 106 valence electrons. The average Bonchev–Trinajstić information content (AvgIpc) is 2.37. The van der Waals surface area contributed by atoms with Gasteiger partial charge in [-0.25, -0.2) is 4.39 Å². The van der Waals surface area contributed by atoms with Crippen molar-refractivity contribution < 1.29 is 22.3 Å². The molecule has 1 aliphatic rings. The standard InChI is InChI=1S/C13H15F4NO/c14-11-3-1-2-10(9-4-6-18-7-5-9)12(11)19-8-13(15,16)17/h1-3,9,18H,4-8H2. The van der Waals surface area contributed by atoms with E-state index in [9.17, 15) is 17.6 Å². The van der Waals surface area contributed by atoms with Crippen LogP contribution in [0.5, 0.6) is 5.75 Å². The van der Waals surface area contributed by atoms with E-state index in [2.05, 4.69) is 10.1 Å². The number of nitrogens with one attached hydrogen (secondary N) is 1. The summed E-state index contributed by atoms with van der Waals surface area (Å²) in [5.41, 5.74) is 0.533. The third kappa shape index (κ3) is 3.83. The fourth-order valence-electron chi connectivity index (χ4n) is 2.29. The minimum Gasteiger partial charge on any atom is -0.481 e. The Hall–Kier alpha value is -1.30. The first-order chi connectivity index (χ1) is 8.97. The van der Waals surface area contributed by atoms with Crippen molar-refractivity contribution >= 4 is 0 Å². The molecule has 0 atom stereocenters. The normalized spacial score (nSPS) is 17.5. The molecule has 0 amide bonds. The molecule has 1 heterocycles. The molecule has 2 rings (SSSR count). The van der Waals surface area contributed by atoms with Crippen molar-refractivity contribution in [2.45, 2.75) is 24.9 Å². The molecule has 0 unspecified atom stereocenters. The van der Waals surface area contributed by atoms with Crippen LogP contribution in [0.3, 0.4) is 0 Å². The highest BCUT2D eigenvalue weighted by atomic mass is 19.4. The Labute approximate surface area is 108 Å². The number of halogens is 4. The second kappa shape index (κ2) is 5.77. The first-order valence-corrected chi connectivity index (χ1v) is 6.16. The third-order valence-corrected chi connectivity index (χ3v) is 3.16. The molecule has 0 spiro atoms. The van der Waals surface area contributed by atoms with Gasteiger partial charge in [0.2, 0.25) is 0 Å². The molecular formula is C13H15F4NO. The van der Waals surface area contributed by atoms with Crippen LogP contribution in [-0.2, 0) is 0 Å². The number of piperidine rings is 1. The maximum Gasteiger partial charge on any atom is 0.422 e. The van der Waals surface area contributed by atoms with Crippen molar-refractivity contribution in [1.29, 1.82) is 0 Å². The van der Waals surface area contributed by atoms with E-state index < -0.39 is 18.6 Å². The van der Waals surface area contributed by atoms with Crippen LogP contribution in [-0.4, -0.2) is 25.9 Å². The van der Waals surface area contributed by atoms with Crippen LogP contribution in [0.15, 0.2) is 18.2 Å². The summed E-state index contributed by atoms with van der Waals surface area (Å²) in [5.74, 6) is -0.952. The fourth-order valence-corrected chi connectivity index (χ4v) is 2.29. The van der Waals surface area contributed by atoms with Crippen LogP contribution >= 0.6 is 0 Å². The highest BCUT2D eigenvalue weighted by Crippen LogP contribution is 2.35. The van der Waals surface area contributed by atoms with Crippen LogP contribution in [0.4, 0.5) is 17.6 Å². The number of hydrogen-bond acceptors (Lipinski definition) is 2. The Morgan fingerprint density at radius 2 is 1.89 bits per heavy atom. The Morgan fingerprint density at radius 3 is 2.53 bits per heavy atom. The number of hydrogen-bond donors (Lipinski definition) is 1. The third-order valence-electron chi connectivity index (χ3n) is 3.16. The van der Waals surface area contributed by atoms with E-state index in [1.807, 2.05) is 0 Å². The summed E-state index contributed by atoms with van der Waals surface area (Å²) in [6.07, 6.45) is -2.93. The zero-order chi connectivity index (χ0) is 13.9. The van der Waals surface area contributed by atoms with Gasteiger partial charge >= 0.3 is 6.18 Å². The maximum absolute atomic E-state index is 13.7. The Balaban J connectivity index is 2.20. The van der Waals surface area contributed by atoms with E-state index in [1.54, 1.807) is 6.07 Å². The predicted octanol–water partition coefficient (Wildman–Crippen LogP) is 3.23. The van der Waals surface area contributed by atoms with Gasteiger partial charge < -0.3 is 10.1 Å². The number of rotatable bonds is 3. The van der Waals surface area contributed by atoms with Gasteiger partial charge in [-0.1, -0.05) is 12.1 Å². The lowest BCUT2D eigenvalue weighted by atomic mass is 9.89. The number of benzene rings is 1. The van der Waals surface area contributed by atoms with E-state index in [0.717, 1.165) is 32.0 Å². The van der Waals surface area contributed by atoms with E-state index in [1.165, 1.54) is 6.07 Å². The van der Waals surface area contributed by atoms with Gasteiger partial charge in [-0.05, 0) is 37.9 Å². The van der Waals surface area contributed by atoms with Gasteiger partial charge in [0, 0.05) is 5.56 Å². The van der Waals surface area contributed by atoms with Crippen LogP contribution in [0.1, 0.15) is 24.3 Å². The molecule has 1 aromatic rings. The molecule has 0 radical (unpaired) electrons. The first kappa shape index (κ1) is 14.1. The second-order valence-corrected chi connectivity index (χ2v) is 4.59. The lowest BCUT2D eigenvalue weighted by molar-refractivity contribution is -0.154. The van der Waals surface area contributed by atoms with E-state index in [4.69, 9.17) is 0 Å². The molecular weight excluding hydrogens is 262 g/mol. The molecule has 6 heteroatoms. The van der Waals surface area contributed by atoms with Crippen LogP contribution in [0.25, 0.3) is 0 Å². The summed E-state index contributed by atoms with van der Waals surface area (Å²) in [7, 11) is 0. The van der Waals surface area contributed by atoms with Crippen molar-refractivity contribution in [3.63, 3.8) is 0 Å². The zero-order valence-electron chi connectivity index (χ0n) is 10.3. The van der Waals surface area contributed by atoms with Crippen molar-refractivity contribution in [3.8, 4) is 5.75 Å². The molecule has 1 aromatic carbocycles. The Kier molecular flexibility index (Phi) is 4.29. The van der Waals surface area contributed by atoms with Crippen molar-refractivity contribution in [2.75, 3.05) is 19.7 Å². The van der Waals surface area contributed by atoms with Gasteiger partial charge in [0.1, 0.15) is 0 Å². The summed E-state index contributed by atoms with van der Waals surface area (Å²) in [5, 5.41) is 3.16. The number of alkyl halides is 3. The molecule has 2 nitrogen and oxygen atoms in total. The second-order valence-electron chi connectivity index (χ2n) is 4.59. The van der Waals surface area contributed by atoms with Crippen LogP contribution < -0.4 is 10.1 Å². The molecule has 1 fully saturated rings. The van der Waals surface area contributed by atoms with Crippen molar-refractivity contribution in [2.24, 2.45) is 0 Å². The SMILES string of the molecule is Fc1cccc(C2CCNCC2)c1OCC(F)(F)F.